The Morgan fingerprint density at radius 3 is 1.26 bits per heavy atom. The van der Waals surface area contributed by atoms with Crippen molar-refractivity contribution in [1.29, 1.82) is 0 Å². The van der Waals surface area contributed by atoms with Gasteiger partial charge < -0.3 is 4.74 Å². The SMILES string of the molecule is CCCC(=CC(C)(C)C)OC(=CC(C)(C)C)CCC. The van der Waals surface area contributed by atoms with E-state index in [1.54, 1.807) is 0 Å². The molecule has 0 radical (unpaired) electrons. The van der Waals surface area contributed by atoms with Crippen LogP contribution in [0.1, 0.15) is 81.1 Å². The number of allylic oxidation sites excluding steroid dienone is 4. The van der Waals surface area contributed by atoms with E-state index in [2.05, 4.69) is 67.5 Å². The summed E-state index contributed by atoms with van der Waals surface area (Å²) in [6.07, 6.45) is 8.81. The predicted molar refractivity (Wildman–Crippen MR) is 86.0 cm³/mol. The van der Waals surface area contributed by atoms with E-state index in [1.165, 1.54) is 0 Å². The Hall–Kier alpha value is -0.720. The largest absolute Gasteiger partial charge is 0.467 e. The quantitative estimate of drug-likeness (QED) is 0.501. The highest BCUT2D eigenvalue weighted by Gasteiger charge is 2.13. The first-order chi connectivity index (χ1) is 8.57. The van der Waals surface area contributed by atoms with Gasteiger partial charge in [-0.2, -0.15) is 0 Å². The third kappa shape index (κ3) is 10.9. The van der Waals surface area contributed by atoms with Gasteiger partial charge in [0.1, 0.15) is 11.5 Å². The maximum Gasteiger partial charge on any atom is 0.100 e. The van der Waals surface area contributed by atoms with Crippen molar-refractivity contribution < 1.29 is 4.74 Å². The smallest absolute Gasteiger partial charge is 0.100 e. The zero-order valence-electron chi connectivity index (χ0n) is 14.4. The molecule has 0 atom stereocenters. The van der Waals surface area contributed by atoms with Crippen molar-refractivity contribution in [2.24, 2.45) is 10.8 Å². The van der Waals surface area contributed by atoms with Crippen molar-refractivity contribution in [3.05, 3.63) is 23.7 Å². The zero-order valence-corrected chi connectivity index (χ0v) is 14.4. The van der Waals surface area contributed by atoms with Gasteiger partial charge in [-0.05, 0) is 35.8 Å². The summed E-state index contributed by atoms with van der Waals surface area (Å²) >= 11 is 0. The van der Waals surface area contributed by atoms with Crippen LogP contribution >= 0.6 is 0 Å². The molecule has 0 spiro atoms. The van der Waals surface area contributed by atoms with Crippen LogP contribution in [0.2, 0.25) is 0 Å². The molecule has 0 rings (SSSR count). The van der Waals surface area contributed by atoms with E-state index in [-0.39, 0.29) is 10.8 Å². The van der Waals surface area contributed by atoms with Crippen molar-refractivity contribution in [1.82, 2.24) is 0 Å². The van der Waals surface area contributed by atoms with E-state index in [4.69, 9.17) is 4.74 Å². The molecule has 112 valence electrons. The van der Waals surface area contributed by atoms with E-state index < -0.39 is 0 Å². The average Bonchev–Trinajstić information content (AvgIpc) is 2.12. The van der Waals surface area contributed by atoms with Crippen LogP contribution < -0.4 is 0 Å². The van der Waals surface area contributed by atoms with Gasteiger partial charge in [0.2, 0.25) is 0 Å². The van der Waals surface area contributed by atoms with Crippen LogP contribution in [0.25, 0.3) is 0 Å². The van der Waals surface area contributed by atoms with Crippen LogP contribution in [0.3, 0.4) is 0 Å². The van der Waals surface area contributed by atoms with E-state index in [0.717, 1.165) is 37.2 Å². The zero-order chi connectivity index (χ0) is 15.1. The maximum atomic E-state index is 6.21. The second-order valence-electron chi connectivity index (χ2n) is 7.56. The Labute approximate surface area is 121 Å². The minimum Gasteiger partial charge on any atom is -0.467 e. The lowest BCUT2D eigenvalue weighted by Gasteiger charge is -2.21. The van der Waals surface area contributed by atoms with Crippen molar-refractivity contribution in [3.8, 4) is 0 Å². The highest BCUT2D eigenvalue weighted by atomic mass is 16.5. The highest BCUT2D eigenvalue weighted by Crippen LogP contribution is 2.26. The van der Waals surface area contributed by atoms with Gasteiger partial charge in [-0.1, -0.05) is 55.4 Å². The summed E-state index contributed by atoms with van der Waals surface area (Å²) in [5.74, 6) is 2.25. The molecule has 0 aliphatic carbocycles. The molecule has 0 unspecified atom stereocenters. The Morgan fingerprint density at radius 2 is 1.05 bits per heavy atom. The van der Waals surface area contributed by atoms with Gasteiger partial charge in [-0.3, -0.25) is 0 Å². The lowest BCUT2D eigenvalue weighted by atomic mass is 9.94. The number of rotatable bonds is 6. The Morgan fingerprint density at radius 1 is 0.737 bits per heavy atom. The van der Waals surface area contributed by atoms with E-state index >= 15 is 0 Å². The molecule has 0 aromatic carbocycles. The molecule has 0 aromatic rings. The Balaban J connectivity index is 5.06. The van der Waals surface area contributed by atoms with Crippen LogP contribution in [0.5, 0.6) is 0 Å². The van der Waals surface area contributed by atoms with Gasteiger partial charge >= 0.3 is 0 Å². The third-order valence-corrected chi connectivity index (χ3v) is 2.44. The van der Waals surface area contributed by atoms with Crippen molar-refractivity contribution >= 4 is 0 Å². The van der Waals surface area contributed by atoms with Crippen molar-refractivity contribution in [2.75, 3.05) is 0 Å². The van der Waals surface area contributed by atoms with Gasteiger partial charge in [-0.15, -0.1) is 0 Å². The van der Waals surface area contributed by atoms with Gasteiger partial charge in [0.25, 0.3) is 0 Å². The monoisotopic (exact) mass is 266 g/mol. The maximum absolute atomic E-state index is 6.21. The molecular formula is C18H34O. The summed E-state index contributed by atoms with van der Waals surface area (Å²) < 4.78 is 6.21. The third-order valence-electron chi connectivity index (χ3n) is 2.44. The van der Waals surface area contributed by atoms with Crippen LogP contribution in [-0.4, -0.2) is 0 Å². The summed E-state index contributed by atoms with van der Waals surface area (Å²) in [6, 6.07) is 0. The van der Waals surface area contributed by atoms with Gasteiger partial charge in [-0.25, -0.2) is 0 Å². The van der Waals surface area contributed by atoms with Gasteiger partial charge in [0.15, 0.2) is 0 Å². The number of ether oxygens (including phenoxy) is 1. The summed E-state index contributed by atoms with van der Waals surface area (Å²) in [5, 5.41) is 0. The molecule has 0 bridgehead atoms. The molecule has 1 heteroatoms. The van der Waals surface area contributed by atoms with Crippen LogP contribution in [0.15, 0.2) is 23.7 Å². The summed E-state index contributed by atoms with van der Waals surface area (Å²) in [5.41, 5.74) is 0.340. The number of hydrogen-bond acceptors (Lipinski definition) is 1. The molecule has 0 aliphatic rings. The minimum absolute atomic E-state index is 0.170. The van der Waals surface area contributed by atoms with Gasteiger partial charge in [0, 0.05) is 12.8 Å². The molecule has 1 nitrogen and oxygen atoms in total. The first-order valence-electron chi connectivity index (χ1n) is 7.68. The fourth-order valence-electron chi connectivity index (χ4n) is 1.93. The topological polar surface area (TPSA) is 9.23 Å². The second kappa shape index (κ2) is 7.77. The summed E-state index contributed by atoms with van der Waals surface area (Å²) in [4.78, 5) is 0. The molecule has 19 heavy (non-hydrogen) atoms. The molecule has 0 saturated carbocycles. The summed E-state index contributed by atoms with van der Waals surface area (Å²) in [6.45, 7) is 17.7. The molecule has 0 amide bonds. The van der Waals surface area contributed by atoms with E-state index in [1.807, 2.05) is 0 Å². The van der Waals surface area contributed by atoms with Crippen LogP contribution in [-0.2, 0) is 4.74 Å². The standard InChI is InChI=1S/C18H34O/c1-9-11-15(13-17(3,4)5)19-16(12-10-2)14-18(6,7)8/h13-14H,9-12H2,1-8H3. The molecule has 0 fully saturated rings. The first-order valence-corrected chi connectivity index (χ1v) is 7.68. The second-order valence-corrected chi connectivity index (χ2v) is 7.56. The molecular weight excluding hydrogens is 232 g/mol. The van der Waals surface area contributed by atoms with Gasteiger partial charge in [0.05, 0.1) is 0 Å². The van der Waals surface area contributed by atoms with E-state index in [0.29, 0.717) is 0 Å². The molecule has 0 aliphatic heterocycles. The fourth-order valence-corrected chi connectivity index (χ4v) is 1.93. The Kier molecular flexibility index (Phi) is 7.47. The van der Waals surface area contributed by atoms with Crippen molar-refractivity contribution in [2.45, 2.75) is 81.1 Å². The number of hydrogen-bond donors (Lipinski definition) is 0. The highest BCUT2D eigenvalue weighted by molar-refractivity contribution is 5.08. The average molecular weight is 266 g/mol. The summed E-state index contributed by atoms with van der Waals surface area (Å²) in [7, 11) is 0. The molecule has 0 saturated heterocycles. The van der Waals surface area contributed by atoms with Crippen LogP contribution in [0.4, 0.5) is 0 Å². The fraction of sp³-hybridized carbons (Fsp3) is 0.778. The Bertz CT molecular complexity index is 276. The lowest BCUT2D eigenvalue weighted by molar-refractivity contribution is 0.260. The minimum atomic E-state index is 0.170. The normalized spacial score (nSPS) is 14.7. The lowest BCUT2D eigenvalue weighted by Crippen LogP contribution is -2.07. The van der Waals surface area contributed by atoms with Crippen molar-refractivity contribution in [3.63, 3.8) is 0 Å². The first kappa shape index (κ1) is 18.3. The molecule has 0 aromatic heterocycles. The molecule has 0 heterocycles. The van der Waals surface area contributed by atoms with Crippen LogP contribution in [0, 0.1) is 10.8 Å². The van der Waals surface area contributed by atoms with E-state index in [9.17, 15) is 0 Å². The molecule has 0 N–H and O–H groups in total. The predicted octanol–water partition coefficient (Wildman–Crippen LogP) is 6.46.